The Hall–Kier alpha value is -0.800. The quantitative estimate of drug-likeness (QED) is 0.0236. The van der Waals surface area contributed by atoms with Crippen molar-refractivity contribution in [2.75, 3.05) is 19.8 Å². The second-order valence-corrected chi connectivity index (χ2v) is 16.2. The lowest BCUT2D eigenvalue weighted by Gasteiger charge is -2.25. The summed E-state index contributed by atoms with van der Waals surface area (Å²) in [6.07, 6.45) is 36.8. The number of rotatable bonds is 40. The molecule has 4 atom stereocenters. The van der Waals surface area contributed by atoms with E-state index in [2.05, 4.69) is 31.3 Å². The normalized spacial score (nSPS) is 14.9. The average molecular weight is 747 g/mol. The summed E-state index contributed by atoms with van der Waals surface area (Å²) in [7, 11) is -4.37. The van der Waals surface area contributed by atoms with Gasteiger partial charge in [-0.25, -0.2) is 4.57 Å². The lowest BCUT2D eigenvalue weighted by Crippen LogP contribution is -2.47. The molecule has 10 heteroatoms. The molecule has 0 aromatic carbocycles. The highest BCUT2D eigenvalue weighted by molar-refractivity contribution is 7.47. The third-order valence-corrected chi connectivity index (χ3v) is 10.7. The minimum atomic E-state index is -4.37. The fraction of sp³-hybridized carbons (Fsp3) is 0.927. The summed E-state index contributed by atoms with van der Waals surface area (Å²) in [5.74, 6) is -0.421. The molecule has 0 aromatic heterocycles. The van der Waals surface area contributed by atoms with Gasteiger partial charge in [-0.3, -0.25) is 13.8 Å². The van der Waals surface area contributed by atoms with Crippen LogP contribution >= 0.6 is 7.82 Å². The average Bonchev–Trinajstić information content (AvgIpc) is 3.10. The van der Waals surface area contributed by atoms with Crippen molar-refractivity contribution in [3.63, 3.8) is 0 Å². The van der Waals surface area contributed by atoms with E-state index >= 15 is 0 Å². The van der Waals surface area contributed by atoms with Gasteiger partial charge in [-0.15, -0.1) is 0 Å². The number of aliphatic hydroxyl groups excluding tert-OH is 2. The van der Waals surface area contributed by atoms with Crippen LogP contribution in [0.2, 0.25) is 0 Å². The van der Waals surface area contributed by atoms with Crippen LogP contribution < -0.4 is 11.1 Å². The molecule has 0 heterocycles. The van der Waals surface area contributed by atoms with Gasteiger partial charge in [0.1, 0.15) is 0 Å². The fourth-order valence-corrected chi connectivity index (χ4v) is 7.17. The Balaban J connectivity index is 4.30. The van der Waals surface area contributed by atoms with Gasteiger partial charge in [-0.1, -0.05) is 174 Å². The first-order valence-corrected chi connectivity index (χ1v) is 22.9. The SMILES string of the molecule is CCCCCCCCC/C=C\CCCCCC(O)CC(=O)NC(COP(=O)(O)OCCN)C(O)CCCCCCCCCCCCCCCCC. The van der Waals surface area contributed by atoms with E-state index in [1.807, 2.05) is 0 Å². The number of phosphoric ester groups is 1. The van der Waals surface area contributed by atoms with Crippen LogP contribution in [0.5, 0.6) is 0 Å². The predicted molar refractivity (Wildman–Crippen MR) is 214 cm³/mol. The van der Waals surface area contributed by atoms with Gasteiger partial charge in [-0.2, -0.15) is 0 Å². The Morgan fingerprint density at radius 3 is 1.53 bits per heavy atom. The Kier molecular flexibility index (Phi) is 36.9. The monoisotopic (exact) mass is 747 g/mol. The van der Waals surface area contributed by atoms with Gasteiger partial charge in [0.2, 0.25) is 5.91 Å². The van der Waals surface area contributed by atoms with E-state index in [1.54, 1.807) is 0 Å². The summed E-state index contributed by atoms with van der Waals surface area (Å²) >= 11 is 0. The molecule has 0 aliphatic heterocycles. The molecule has 9 nitrogen and oxygen atoms in total. The van der Waals surface area contributed by atoms with Crippen LogP contribution in [-0.2, 0) is 18.4 Å². The first-order valence-electron chi connectivity index (χ1n) is 21.4. The zero-order chi connectivity index (χ0) is 37.7. The maximum absolute atomic E-state index is 12.8. The first kappa shape index (κ1) is 50.2. The maximum Gasteiger partial charge on any atom is 0.472 e. The second-order valence-electron chi connectivity index (χ2n) is 14.7. The van der Waals surface area contributed by atoms with Gasteiger partial charge >= 0.3 is 7.82 Å². The number of amides is 1. The molecule has 0 fully saturated rings. The molecule has 6 N–H and O–H groups in total. The molecule has 0 saturated heterocycles. The van der Waals surface area contributed by atoms with Crippen molar-refractivity contribution in [1.29, 1.82) is 0 Å². The number of nitrogens with one attached hydrogen (secondary N) is 1. The molecule has 1 amide bonds. The number of nitrogens with two attached hydrogens (primary N) is 1. The smallest absolute Gasteiger partial charge is 0.393 e. The van der Waals surface area contributed by atoms with Crippen molar-refractivity contribution in [3.05, 3.63) is 12.2 Å². The van der Waals surface area contributed by atoms with Crippen LogP contribution in [0.25, 0.3) is 0 Å². The summed E-state index contributed by atoms with van der Waals surface area (Å²) in [4.78, 5) is 22.7. The van der Waals surface area contributed by atoms with E-state index in [0.717, 1.165) is 51.4 Å². The molecule has 0 aliphatic carbocycles. The standard InChI is InChI=1S/C41H83N2O7P/c1-3-5-7-9-11-13-15-17-19-21-23-25-27-29-31-33-40(45)39(37-50-51(47,48)49-35-34-42)43-41(46)36-38(44)32-30-28-26-24-22-20-18-16-14-12-10-8-6-4-2/h20,22,38-40,44-45H,3-19,21,23-37,42H2,1-2H3,(H,43,46)(H,47,48)/b22-20-. The summed E-state index contributed by atoms with van der Waals surface area (Å²) in [5.41, 5.74) is 5.36. The van der Waals surface area contributed by atoms with Crippen LogP contribution in [0.3, 0.4) is 0 Å². The minimum Gasteiger partial charge on any atom is -0.393 e. The highest BCUT2D eigenvalue weighted by Gasteiger charge is 2.28. The minimum absolute atomic E-state index is 0.0593. The largest absolute Gasteiger partial charge is 0.472 e. The number of carbonyl (C=O) groups excluding carboxylic acids is 1. The summed E-state index contributed by atoms with van der Waals surface area (Å²) in [6.45, 7) is 4.04. The molecular formula is C41H83N2O7P. The van der Waals surface area contributed by atoms with Crippen LogP contribution in [0.4, 0.5) is 0 Å². The summed E-state index contributed by atoms with van der Waals surface area (Å²) in [5, 5.41) is 24.1. The molecule has 0 aromatic rings. The van der Waals surface area contributed by atoms with Crippen molar-refractivity contribution in [2.24, 2.45) is 5.73 Å². The first-order chi connectivity index (χ1) is 24.8. The highest BCUT2D eigenvalue weighted by atomic mass is 31.2. The van der Waals surface area contributed by atoms with E-state index in [9.17, 15) is 24.5 Å². The van der Waals surface area contributed by atoms with E-state index in [-0.39, 0.29) is 26.2 Å². The van der Waals surface area contributed by atoms with Crippen molar-refractivity contribution < 1.29 is 33.5 Å². The van der Waals surface area contributed by atoms with Gasteiger partial charge < -0.3 is 26.2 Å². The molecule has 0 rings (SSSR count). The molecule has 0 radical (unpaired) electrons. The number of aliphatic hydroxyl groups is 2. The number of phosphoric acid groups is 1. The topological polar surface area (TPSA) is 151 Å². The Morgan fingerprint density at radius 1 is 0.647 bits per heavy atom. The number of hydrogen-bond donors (Lipinski definition) is 5. The zero-order valence-electron chi connectivity index (χ0n) is 33.2. The summed E-state index contributed by atoms with van der Waals surface area (Å²) in [6, 6.07) is -0.897. The van der Waals surface area contributed by atoms with E-state index < -0.39 is 32.0 Å². The maximum atomic E-state index is 12.8. The number of unbranched alkanes of at least 4 members (excludes halogenated alkanes) is 24. The van der Waals surface area contributed by atoms with Crippen molar-refractivity contribution in [2.45, 2.75) is 225 Å². The van der Waals surface area contributed by atoms with Gasteiger partial charge in [0.25, 0.3) is 0 Å². The second kappa shape index (κ2) is 37.5. The molecule has 4 unspecified atom stereocenters. The lowest BCUT2D eigenvalue weighted by molar-refractivity contribution is -0.125. The van der Waals surface area contributed by atoms with Crippen LogP contribution in [0.15, 0.2) is 12.2 Å². The molecule has 0 bridgehead atoms. The number of carbonyl (C=O) groups is 1. The Labute approximate surface area is 314 Å². The fourth-order valence-electron chi connectivity index (χ4n) is 6.41. The third kappa shape index (κ3) is 36.0. The predicted octanol–water partition coefficient (Wildman–Crippen LogP) is 10.6. The van der Waals surface area contributed by atoms with Crippen LogP contribution in [0, 0.1) is 0 Å². The molecule has 0 saturated carbocycles. The van der Waals surface area contributed by atoms with Crippen LogP contribution in [-0.4, -0.2) is 59.0 Å². The molecule has 304 valence electrons. The molecule has 0 aliphatic rings. The van der Waals surface area contributed by atoms with Crippen molar-refractivity contribution in [3.8, 4) is 0 Å². The van der Waals surface area contributed by atoms with E-state index in [1.165, 1.54) is 122 Å². The molecular weight excluding hydrogens is 663 g/mol. The van der Waals surface area contributed by atoms with Gasteiger partial charge in [0, 0.05) is 6.54 Å². The molecule has 51 heavy (non-hydrogen) atoms. The Morgan fingerprint density at radius 2 is 1.06 bits per heavy atom. The van der Waals surface area contributed by atoms with Gasteiger partial charge in [0.15, 0.2) is 0 Å². The Bertz CT molecular complexity index is 832. The lowest BCUT2D eigenvalue weighted by atomic mass is 10.0. The van der Waals surface area contributed by atoms with E-state index in [0.29, 0.717) is 12.8 Å². The zero-order valence-corrected chi connectivity index (χ0v) is 34.1. The molecule has 0 spiro atoms. The number of allylic oxidation sites excluding steroid dienone is 2. The highest BCUT2D eigenvalue weighted by Crippen LogP contribution is 2.43. The summed E-state index contributed by atoms with van der Waals surface area (Å²) < 4.78 is 22.1. The van der Waals surface area contributed by atoms with Crippen molar-refractivity contribution >= 4 is 13.7 Å². The van der Waals surface area contributed by atoms with E-state index in [4.69, 9.17) is 14.8 Å². The van der Waals surface area contributed by atoms with Crippen molar-refractivity contribution in [1.82, 2.24) is 5.32 Å². The van der Waals surface area contributed by atoms with Crippen LogP contribution in [0.1, 0.15) is 206 Å². The number of hydrogen-bond acceptors (Lipinski definition) is 7. The van der Waals surface area contributed by atoms with Gasteiger partial charge in [-0.05, 0) is 38.5 Å². The van der Waals surface area contributed by atoms with Gasteiger partial charge in [0.05, 0.1) is 37.9 Å². The third-order valence-electron chi connectivity index (χ3n) is 9.67.